The summed E-state index contributed by atoms with van der Waals surface area (Å²) in [6, 6.07) is 10.2. The first kappa shape index (κ1) is 17.0. The summed E-state index contributed by atoms with van der Waals surface area (Å²) < 4.78 is 13.9. The van der Waals surface area contributed by atoms with E-state index < -0.39 is 11.6 Å². The average Bonchev–Trinajstić information content (AvgIpc) is 2.55. The second kappa shape index (κ2) is 7.77. The van der Waals surface area contributed by atoms with Crippen LogP contribution in [0.5, 0.6) is 0 Å². The van der Waals surface area contributed by atoms with Crippen molar-refractivity contribution in [1.82, 2.24) is 5.32 Å². The zero-order valence-corrected chi connectivity index (χ0v) is 13.6. The molecule has 116 valence electrons. The monoisotopic (exact) mass is 347 g/mol. The zero-order chi connectivity index (χ0) is 16.8. The molecule has 0 saturated heterocycles. The number of benzene rings is 2. The topological polar surface area (TPSA) is 65.2 Å². The molecular weight excluding hydrogens is 337 g/mol. The molecule has 0 fully saturated rings. The Kier molecular flexibility index (Phi) is 5.74. The maximum atomic E-state index is 13.9. The number of amidine groups is 1. The highest BCUT2D eigenvalue weighted by molar-refractivity contribution is 8.13. The van der Waals surface area contributed by atoms with E-state index in [1.807, 2.05) is 0 Å². The molecule has 0 aromatic heterocycles. The van der Waals surface area contributed by atoms with Crippen molar-refractivity contribution < 1.29 is 9.18 Å². The fourth-order valence-corrected chi connectivity index (χ4v) is 2.37. The molecule has 2 rings (SSSR count). The second-order valence-corrected chi connectivity index (χ2v) is 5.56. The van der Waals surface area contributed by atoms with Crippen molar-refractivity contribution in [1.29, 1.82) is 5.26 Å². The molecule has 1 N–H and O–H groups in total. The van der Waals surface area contributed by atoms with Gasteiger partial charge in [-0.05, 0) is 36.6 Å². The molecular formula is C16H11ClFN3OS. The van der Waals surface area contributed by atoms with Crippen LogP contribution in [-0.2, 0) is 0 Å². The highest BCUT2D eigenvalue weighted by atomic mass is 35.5. The van der Waals surface area contributed by atoms with Crippen LogP contribution >= 0.6 is 23.4 Å². The van der Waals surface area contributed by atoms with Crippen molar-refractivity contribution in [2.75, 3.05) is 6.26 Å². The van der Waals surface area contributed by atoms with Crippen molar-refractivity contribution in [3.63, 3.8) is 0 Å². The number of carbonyl (C=O) groups is 1. The molecule has 4 nitrogen and oxygen atoms in total. The Balaban J connectivity index is 2.54. The number of rotatable bonds is 3. The van der Waals surface area contributed by atoms with Gasteiger partial charge in [-0.2, -0.15) is 5.26 Å². The standard InChI is InChI=1S/C16H11ClFN3OS/c1-23-16(20-9-19)21-14-7-6-10(17)8-12(14)15(22)11-4-2-3-5-13(11)18/h2-8H,1H3,(H,20,21). The molecule has 0 heterocycles. The van der Waals surface area contributed by atoms with Crippen LogP contribution in [0.4, 0.5) is 10.1 Å². The Morgan fingerprint density at radius 1 is 1.30 bits per heavy atom. The van der Waals surface area contributed by atoms with E-state index in [4.69, 9.17) is 16.9 Å². The molecule has 0 aliphatic heterocycles. The largest absolute Gasteiger partial charge is 0.288 e. The summed E-state index contributed by atoms with van der Waals surface area (Å²) in [4.78, 5) is 16.8. The van der Waals surface area contributed by atoms with Crippen molar-refractivity contribution in [2.45, 2.75) is 0 Å². The molecule has 0 unspecified atom stereocenters. The third-order valence-corrected chi connectivity index (χ3v) is 3.72. The normalized spacial score (nSPS) is 11.0. The summed E-state index contributed by atoms with van der Waals surface area (Å²) >= 11 is 7.16. The first-order chi connectivity index (χ1) is 11.1. The van der Waals surface area contributed by atoms with Crippen molar-refractivity contribution in [3.05, 3.63) is 64.4 Å². The van der Waals surface area contributed by atoms with Crippen LogP contribution in [0.2, 0.25) is 5.02 Å². The van der Waals surface area contributed by atoms with Crippen LogP contribution in [0, 0.1) is 17.3 Å². The van der Waals surface area contributed by atoms with Gasteiger partial charge >= 0.3 is 0 Å². The summed E-state index contributed by atoms with van der Waals surface area (Å²) in [6.07, 6.45) is 3.50. The molecule has 7 heteroatoms. The number of aliphatic imine (C=N–C) groups is 1. The molecule has 0 atom stereocenters. The smallest absolute Gasteiger partial charge is 0.198 e. The van der Waals surface area contributed by atoms with Crippen LogP contribution in [-0.4, -0.2) is 17.2 Å². The summed E-state index contributed by atoms with van der Waals surface area (Å²) in [7, 11) is 0. The van der Waals surface area contributed by atoms with Gasteiger partial charge < -0.3 is 0 Å². The van der Waals surface area contributed by atoms with Crippen molar-refractivity contribution in [3.8, 4) is 6.19 Å². The van der Waals surface area contributed by atoms with Crippen LogP contribution < -0.4 is 5.32 Å². The maximum absolute atomic E-state index is 13.9. The molecule has 0 aliphatic carbocycles. The molecule has 2 aromatic rings. The van der Waals surface area contributed by atoms with Gasteiger partial charge in [0.15, 0.2) is 17.1 Å². The lowest BCUT2D eigenvalue weighted by molar-refractivity contribution is 0.103. The van der Waals surface area contributed by atoms with Gasteiger partial charge in [0, 0.05) is 10.6 Å². The Morgan fingerprint density at radius 3 is 2.70 bits per heavy atom. The van der Waals surface area contributed by atoms with Gasteiger partial charge in [0.2, 0.25) is 0 Å². The first-order valence-corrected chi connectivity index (χ1v) is 8.03. The van der Waals surface area contributed by atoms with E-state index in [-0.39, 0.29) is 11.1 Å². The predicted molar refractivity (Wildman–Crippen MR) is 90.6 cm³/mol. The fourth-order valence-electron chi connectivity index (χ4n) is 1.86. The van der Waals surface area contributed by atoms with Crippen LogP contribution in [0.1, 0.15) is 15.9 Å². The Hall–Kier alpha value is -2.36. The van der Waals surface area contributed by atoms with Crippen LogP contribution in [0.15, 0.2) is 47.5 Å². The summed E-state index contributed by atoms with van der Waals surface area (Å²) in [5.74, 6) is -1.14. The molecule has 0 saturated carbocycles. The molecule has 0 spiro atoms. The van der Waals surface area contributed by atoms with Gasteiger partial charge in [-0.3, -0.25) is 10.1 Å². The lowest BCUT2D eigenvalue weighted by atomic mass is 10.0. The van der Waals surface area contributed by atoms with Gasteiger partial charge in [0.1, 0.15) is 5.82 Å². The van der Waals surface area contributed by atoms with Crippen molar-refractivity contribution in [2.24, 2.45) is 4.99 Å². The Morgan fingerprint density at radius 2 is 2.04 bits per heavy atom. The predicted octanol–water partition coefficient (Wildman–Crippen LogP) is 4.13. The van der Waals surface area contributed by atoms with Gasteiger partial charge in [0.05, 0.1) is 11.3 Å². The summed E-state index contributed by atoms with van der Waals surface area (Å²) in [6.45, 7) is 0. The summed E-state index contributed by atoms with van der Waals surface area (Å²) in [5, 5.41) is 11.8. The second-order valence-electron chi connectivity index (χ2n) is 4.33. The molecule has 0 radical (unpaired) electrons. The highest BCUT2D eigenvalue weighted by Gasteiger charge is 2.18. The average molecular weight is 348 g/mol. The Bertz CT molecular complexity index is 817. The van der Waals surface area contributed by atoms with E-state index in [1.54, 1.807) is 30.6 Å². The van der Waals surface area contributed by atoms with E-state index in [1.165, 1.54) is 36.0 Å². The van der Waals surface area contributed by atoms with Gasteiger partial charge in [0.25, 0.3) is 0 Å². The minimum atomic E-state index is -0.618. The SMILES string of the molecule is CSC(=Nc1ccc(Cl)cc1C(=O)c1ccccc1F)NC#N. The van der Waals surface area contributed by atoms with Crippen LogP contribution in [0.3, 0.4) is 0 Å². The zero-order valence-electron chi connectivity index (χ0n) is 12.0. The lowest BCUT2D eigenvalue weighted by Crippen LogP contribution is -2.13. The third kappa shape index (κ3) is 4.09. The number of hydrogen-bond acceptors (Lipinski definition) is 4. The first-order valence-electron chi connectivity index (χ1n) is 6.43. The Labute approximate surface area is 142 Å². The summed E-state index contributed by atoms with van der Waals surface area (Å²) in [5.41, 5.74) is 0.397. The minimum absolute atomic E-state index is 0.0647. The number of ketones is 1. The van der Waals surface area contributed by atoms with E-state index >= 15 is 0 Å². The van der Waals surface area contributed by atoms with E-state index in [0.29, 0.717) is 15.9 Å². The molecule has 23 heavy (non-hydrogen) atoms. The van der Waals surface area contributed by atoms with Gasteiger partial charge in [-0.1, -0.05) is 35.5 Å². The molecule has 0 amide bonds. The number of halogens is 2. The van der Waals surface area contributed by atoms with E-state index in [9.17, 15) is 9.18 Å². The van der Waals surface area contributed by atoms with E-state index in [0.717, 1.165) is 0 Å². The number of nitriles is 1. The van der Waals surface area contributed by atoms with Crippen molar-refractivity contribution >= 4 is 40.0 Å². The minimum Gasteiger partial charge on any atom is -0.288 e. The van der Waals surface area contributed by atoms with Crippen LogP contribution in [0.25, 0.3) is 0 Å². The highest BCUT2D eigenvalue weighted by Crippen LogP contribution is 2.27. The number of nitrogens with one attached hydrogen (secondary N) is 1. The van der Waals surface area contributed by atoms with E-state index in [2.05, 4.69) is 10.3 Å². The van der Waals surface area contributed by atoms with Gasteiger partial charge in [-0.15, -0.1) is 0 Å². The fraction of sp³-hybridized carbons (Fsp3) is 0.0625. The molecule has 0 aliphatic rings. The number of nitrogens with zero attached hydrogens (tertiary/aromatic N) is 2. The van der Waals surface area contributed by atoms with Gasteiger partial charge in [-0.25, -0.2) is 9.38 Å². The molecule has 0 bridgehead atoms. The number of hydrogen-bond donors (Lipinski definition) is 1. The molecule has 2 aromatic carbocycles. The lowest BCUT2D eigenvalue weighted by Gasteiger charge is -2.08. The third-order valence-electron chi connectivity index (χ3n) is 2.90. The number of thioether (sulfide) groups is 1. The maximum Gasteiger partial charge on any atom is 0.198 e. The quantitative estimate of drug-likeness (QED) is 0.298. The number of carbonyl (C=O) groups excluding carboxylic acids is 1.